The minimum Gasteiger partial charge on any atom is -0.507 e. The van der Waals surface area contributed by atoms with E-state index in [2.05, 4.69) is 42.5 Å². The van der Waals surface area contributed by atoms with Crippen molar-refractivity contribution in [3.63, 3.8) is 0 Å². The summed E-state index contributed by atoms with van der Waals surface area (Å²) in [5.74, 6) is 3.09. The van der Waals surface area contributed by atoms with Gasteiger partial charge in [0.15, 0.2) is 6.29 Å². The van der Waals surface area contributed by atoms with E-state index < -0.39 is 6.29 Å². The minimum absolute atomic E-state index is 0.190. The molecular weight excluding hydrogens is 384 g/mol. The van der Waals surface area contributed by atoms with Gasteiger partial charge in [-0.25, -0.2) is 0 Å². The van der Waals surface area contributed by atoms with Crippen molar-refractivity contribution in [1.82, 2.24) is 0 Å². The zero-order chi connectivity index (χ0) is 20.7. The SMILES string of the molecule is Oc1ccc(C23CC4CC(CC(C4)C2)C3)cc1-c1ccc2cc(C3OC3O)ccc2c1. The molecule has 3 aromatic carbocycles. The fourth-order valence-corrected chi connectivity index (χ4v) is 7.52. The molecule has 3 aromatic rings. The Morgan fingerprint density at radius 1 is 0.774 bits per heavy atom. The number of ether oxygens (including phenoxy) is 1. The van der Waals surface area contributed by atoms with Crippen LogP contribution in [-0.2, 0) is 10.2 Å². The molecule has 2 N–H and O–H groups in total. The molecule has 1 aliphatic heterocycles. The van der Waals surface area contributed by atoms with Gasteiger partial charge in [0, 0.05) is 5.56 Å². The van der Waals surface area contributed by atoms with Crippen molar-refractivity contribution in [1.29, 1.82) is 0 Å². The topological polar surface area (TPSA) is 53.0 Å². The third kappa shape index (κ3) is 2.86. The Morgan fingerprint density at radius 3 is 2.10 bits per heavy atom. The first-order valence-corrected chi connectivity index (χ1v) is 11.8. The third-order valence-electron chi connectivity index (χ3n) is 8.62. The van der Waals surface area contributed by atoms with Gasteiger partial charge in [0.25, 0.3) is 0 Å². The highest BCUT2D eigenvalue weighted by atomic mass is 16.7. The van der Waals surface area contributed by atoms with Crippen LogP contribution in [0.25, 0.3) is 21.9 Å². The Morgan fingerprint density at radius 2 is 1.42 bits per heavy atom. The van der Waals surface area contributed by atoms with Crippen LogP contribution in [0, 0.1) is 17.8 Å². The molecular formula is C28H28O3. The summed E-state index contributed by atoms with van der Waals surface area (Å²) in [6.45, 7) is 0. The summed E-state index contributed by atoms with van der Waals surface area (Å²) in [5.41, 5.74) is 4.79. The number of benzene rings is 3. The molecule has 2 atom stereocenters. The van der Waals surface area contributed by atoms with Crippen molar-refractivity contribution in [2.24, 2.45) is 17.8 Å². The average Bonchev–Trinajstić information content (AvgIpc) is 3.49. The van der Waals surface area contributed by atoms with E-state index in [9.17, 15) is 10.2 Å². The third-order valence-corrected chi connectivity index (χ3v) is 8.62. The highest BCUT2D eigenvalue weighted by molar-refractivity contribution is 5.89. The Hall–Kier alpha value is -2.36. The van der Waals surface area contributed by atoms with E-state index in [0.717, 1.165) is 45.2 Å². The van der Waals surface area contributed by atoms with Gasteiger partial charge in [0.1, 0.15) is 11.9 Å². The number of phenolic OH excluding ortho intramolecular Hbond substituents is 1. The molecule has 158 valence electrons. The highest BCUT2D eigenvalue weighted by Crippen LogP contribution is 2.61. The number of fused-ring (bicyclic) bond motifs is 1. The molecule has 3 heteroatoms. The maximum absolute atomic E-state index is 10.8. The van der Waals surface area contributed by atoms with Crippen molar-refractivity contribution in [2.45, 2.75) is 56.3 Å². The average molecular weight is 413 g/mol. The van der Waals surface area contributed by atoms with Crippen LogP contribution in [0.15, 0.2) is 54.6 Å². The van der Waals surface area contributed by atoms with Crippen molar-refractivity contribution in [2.75, 3.05) is 0 Å². The second-order valence-electron chi connectivity index (χ2n) is 10.7. The van der Waals surface area contributed by atoms with Gasteiger partial charge in [-0.1, -0.05) is 30.3 Å². The molecule has 4 bridgehead atoms. The van der Waals surface area contributed by atoms with Crippen LogP contribution in [0.1, 0.15) is 55.8 Å². The summed E-state index contributed by atoms with van der Waals surface area (Å²) in [5, 5.41) is 22.6. The molecule has 0 amide bonds. The van der Waals surface area contributed by atoms with E-state index in [1.54, 1.807) is 0 Å². The fourth-order valence-electron chi connectivity index (χ4n) is 7.52. The van der Waals surface area contributed by atoms with Gasteiger partial charge in [-0.15, -0.1) is 0 Å². The summed E-state index contributed by atoms with van der Waals surface area (Å²) in [6, 6.07) is 19.0. The van der Waals surface area contributed by atoms with Crippen LogP contribution >= 0.6 is 0 Å². The molecule has 0 radical (unpaired) electrons. The fraction of sp³-hybridized carbons (Fsp3) is 0.429. The molecule has 5 fully saturated rings. The molecule has 4 aliphatic carbocycles. The first-order chi connectivity index (χ1) is 15.1. The lowest BCUT2D eigenvalue weighted by Crippen LogP contribution is -2.48. The number of phenols is 1. The quantitative estimate of drug-likeness (QED) is 0.513. The Kier molecular flexibility index (Phi) is 3.73. The molecule has 0 aromatic heterocycles. The predicted molar refractivity (Wildman–Crippen MR) is 121 cm³/mol. The first-order valence-electron chi connectivity index (χ1n) is 11.8. The standard InChI is InChI=1S/C28H28O3/c29-25-6-5-23(28-13-16-7-17(14-28)9-18(8-16)15-28)12-24(25)21-3-1-20-11-22(26-27(30)31-26)4-2-19(20)10-21/h1-6,10-12,16-18,26-27,29-30H,7-9,13-15H2. The summed E-state index contributed by atoms with van der Waals surface area (Å²) in [4.78, 5) is 0. The second-order valence-corrected chi connectivity index (χ2v) is 10.7. The van der Waals surface area contributed by atoms with Crippen molar-refractivity contribution < 1.29 is 14.9 Å². The van der Waals surface area contributed by atoms with Crippen molar-refractivity contribution in [3.05, 3.63) is 65.7 Å². The van der Waals surface area contributed by atoms with Crippen molar-refractivity contribution in [3.8, 4) is 16.9 Å². The van der Waals surface area contributed by atoms with Crippen LogP contribution < -0.4 is 0 Å². The van der Waals surface area contributed by atoms with E-state index in [-0.39, 0.29) is 6.10 Å². The lowest BCUT2D eigenvalue weighted by atomic mass is 9.48. The van der Waals surface area contributed by atoms with E-state index in [4.69, 9.17) is 4.74 Å². The Labute approximate surface area is 182 Å². The van der Waals surface area contributed by atoms with Gasteiger partial charge in [-0.3, -0.25) is 0 Å². The zero-order valence-electron chi connectivity index (χ0n) is 17.6. The number of aliphatic hydroxyl groups is 1. The minimum atomic E-state index is -0.666. The van der Waals surface area contributed by atoms with Gasteiger partial charge < -0.3 is 14.9 Å². The molecule has 0 spiro atoms. The monoisotopic (exact) mass is 412 g/mol. The highest BCUT2D eigenvalue weighted by Gasteiger charge is 2.51. The van der Waals surface area contributed by atoms with Crippen LogP contribution in [0.4, 0.5) is 0 Å². The van der Waals surface area contributed by atoms with Crippen LogP contribution in [0.2, 0.25) is 0 Å². The van der Waals surface area contributed by atoms with E-state index >= 15 is 0 Å². The molecule has 4 saturated carbocycles. The van der Waals surface area contributed by atoms with Crippen LogP contribution in [0.5, 0.6) is 5.75 Å². The summed E-state index contributed by atoms with van der Waals surface area (Å²) < 4.78 is 5.20. The number of aromatic hydroxyl groups is 1. The number of epoxide rings is 1. The predicted octanol–water partition coefficient (Wildman–Crippen LogP) is 6.07. The van der Waals surface area contributed by atoms with Gasteiger partial charge in [-0.2, -0.15) is 0 Å². The van der Waals surface area contributed by atoms with Gasteiger partial charge in [0.05, 0.1) is 0 Å². The lowest BCUT2D eigenvalue weighted by Gasteiger charge is -2.57. The Bertz CT molecular complexity index is 1160. The largest absolute Gasteiger partial charge is 0.507 e. The number of hydrogen-bond acceptors (Lipinski definition) is 3. The molecule has 8 rings (SSSR count). The van der Waals surface area contributed by atoms with Crippen LogP contribution in [-0.4, -0.2) is 16.5 Å². The molecule has 3 nitrogen and oxygen atoms in total. The molecule has 1 heterocycles. The van der Waals surface area contributed by atoms with E-state index in [1.807, 2.05) is 12.1 Å². The summed E-state index contributed by atoms with van der Waals surface area (Å²) >= 11 is 0. The summed E-state index contributed by atoms with van der Waals surface area (Å²) in [7, 11) is 0. The molecule has 5 aliphatic rings. The van der Waals surface area contributed by atoms with E-state index in [0.29, 0.717) is 11.2 Å². The summed E-state index contributed by atoms with van der Waals surface area (Å²) in [6.07, 6.45) is 7.47. The zero-order valence-corrected chi connectivity index (χ0v) is 17.6. The van der Waals surface area contributed by atoms with Gasteiger partial charge in [-0.05, 0) is 113 Å². The number of hydrogen-bond donors (Lipinski definition) is 2. The normalized spacial score (nSPS) is 35.6. The van der Waals surface area contributed by atoms with Gasteiger partial charge >= 0.3 is 0 Å². The second kappa shape index (κ2) is 6.34. The number of aliphatic hydroxyl groups excluding tert-OH is 1. The first kappa shape index (κ1) is 18.2. The number of rotatable bonds is 3. The van der Waals surface area contributed by atoms with Crippen LogP contribution in [0.3, 0.4) is 0 Å². The van der Waals surface area contributed by atoms with E-state index in [1.165, 1.54) is 44.1 Å². The maximum Gasteiger partial charge on any atom is 0.186 e. The lowest BCUT2D eigenvalue weighted by molar-refractivity contribution is -0.00518. The molecule has 31 heavy (non-hydrogen) atoms. The van der Waals surface area contributed by atoms with Crippen molar-refractivity contribution >= 4 is 10.8 Å². The molecule has 1 saturated heterocycles. The smallest absolute Gasteiger partial charge is 0.186 e. The van der Waals surface area contributed by atoms with Gasteiger partial charge in [0.2, 0.25) is 0 Å². The molecule has 2 unspecified atom stereocenters. The Balaban J connectivity index is 1.27. The maximum atomic E-state index is 10.8.